The minimum absolute atomic E-state index is 0.886. The van der Waals surface area contributed by atoms with Crippen LogP contribution in [0.25, 0.3) is 0 Å². The average molecular weight is 672 g/mol. The predicted octanol–water partition coefficient (Wildman–Crippen LogP) is 6.86. The van der Waals surface area contributed by atoms with Crippen LogP contribution < -0.4 is 0 Å². The van der Waals surface area contributed by atoms with Crippen LogP contribution in [0.5, 0.6) is 0 Å². The van der Waals surface area contributed by atoms with Crippen molar-refractivity contribution < 1.29 is 0 Å². The Morgan fingerprint density at radius 1 is 0.424 bits per heavy atom. The molecule has 0 spiro atoms. The van der Waals surface area contributed by atoms with Crippen LogP contribution in [0.3, 0.4) is 0 Å². The maximum absolute atomic E-state index is 5.97. The first kappa shape index (κ1) is 34.5. The van der Waals surface area contributed by atoms with E-state index in [1.54, 1.807) is 0 Å². The maximum atomic E-state index is 5.97. The van der Waals surface area contributed by atoms with Gasteiger partial charge in [0, 0.05) is 0 Å². The fourth-order valence-electron chi connectivity index (χ4n) is 2.59. The Balaban J connectivity index is 6.44. The third-order valence-corrected chi connectivity index (χ3v) is 33.9. The van der Waals surface area contributed by atoms with Crippen LogP contribution in [-0.2, 0) is 0 Å². The minimum atomic E-state index is -2.74. The molecule has 0 amide bonds. The van der Waals surface area contributed by atoms with E-state index in [0.29, 0.717) is 0 Å². The van der Waals surface area contributed by atoms with Crippen molar-refractivity contribution >= 4 is 115 Å². The summed E-state index contributed by atoms with van der Waals surface area (Å²) >= 11 is 23.9. The zero-order valence-electron chi connectivity index (χ0n) is 21.1. The van der Waals surface area contributed by atoms with Crippen molar-refractivity contribution in [3.8, 4) is 0 Å². The summed E-state index contributed by atoms with van der Waals surface area (Å²) in [7, 11) is 4.50. The van der Waals surface area contributed by atoms with Gasteiger partial charge in [-0.1, -0.05) is 0 Å². The SMILES string of the molecule is CCN(CC)C(=S)S[Se](SC(=S)N(CC)CC)(SC(=S)N(CC)CC)SC(=S)N(CC)CC. The average Bonchev–Trinajstić information content (AvgIpc) is 2.76. The molecule has 0 fully saturated rings. The zero-order chi connectivity index (χ0) is 25.6. The second-order valence-corrected chi connectivity index (χ2v) is 34.2. The van der Waals surface area contributed by atoms with E-state index in [1.807, 2.05) is 40.7 Å². The van der Waals surface area contributed by atoms with Gasteiger partial charge in [0.05, 0.1) is 0 Å². The molecule has 0 aromatic heterocycles. The first-order valence-corrected chi connectivity index (χ1v) is 24.4. The number of hydrogen-bond donors (Lipinski definition) is 0. The molecule has 0 aliphatic heterocycles. The van der Waals surface area contributed by atoms with Crippen LogP contribution in [0.15, 0.2) is 0 Å². The van der Waals surface area contributed by atoms with Gasteiger partial charge in [-0.25, -0.2) is 0 Å². The van der Waals surface area contributed by atoms with Gasteiger partial charge >= 0.3 is 243 Å². The Kier molecular flexibility index (Phi) is 19.5. The normalized spacial score (nSPS) is 11.6. The molecule has 0 bridgehead atoms. The van der Waals surface area contributed by atoms with Gasteiger partial charge < -0.3 is 0 Å². The first-order chi connectivity index (χ1) is 15.6. The second kappa shape index (κ2) is 18.7. The molecule has 0 saturated heterocycles. The molecule has 0 aliphatic carbocycles. The monoisotopic (exact) mass is 672 g/mol. The van der Waals surface area contributed by atoms with Crippen molar-refractivity contribution in [2.24, 2.45) is 0 Å². The topological polar surface area (TPSA) is 13.0 Å². The quantitative estimate of drug-likeness (QED) is 0.159. The van der Waals surface area contributed by atoms with Crippen molar-refractivity contribution in [2.75, 3.05) is 52.4 Å². The van der Waals surface area contributed by atoms with Crippen molar-refractivity contribution in [2.45, 2.75) is 55.4 Å². The molecule has 4 nitrogen and oxygen atoms in total. The van der Waals surface area contributed by atoms with E-state index in [2.05, 4.69) is 75.0 Å². The third-order valence-electron chi connectivity index (χ3n) is 4.78. The predicted molar refractivity (Wildman–Crippen MR) is 178 cm³/mol. The summed E-state index contributed by atoms with van der Waals surface area (Å²) in [4.78, 5) is 8.98. The van der Waals surface area contributed by atoms with Crippen molar-refractivity contribution in [3.05, 3.63) is 0 Å². The van der Waals surface area contributed by atoms with Crippen LogP contribution in [-0.4, -0.2) is 97.6 Å². The Bertz CT molecular complexity index is 526. The molecule has 0 atom stereocenters. The fraction of sp³-hybridized carbons (Fsp3) is 0.800. The summed E-state index contributed by atoms with van der Waals surface area (Å²) in [6.07, 6.45) is 0. The van der Waals surface area contributed by atoms with Gasteiger partial charge in [-0.05, 0) is 0 Å². The van der Waals surface area contributed by atoms with Crippen LogP contribution >= 0.6 is 89.6 Å². The summed E-state index contributed by atoms with van der Waals surface area (Å²) in [6.45, 7) is 24.3. The molecule has 0 aliphatic rings. The molecule has 0 heterocycles. The van der Waals surface area contributed by atoms with E-state index >= 15 is 0 Å². The molecule has 0 unspecified atom stereocenters. The van der Waals surface area contributed by atoms with E-state index in [9.17, 15) is 0 Å². The summed E-state index contributed by atoms with van der Waals surface area (Å²) in [6, 6.07) is 0. The molecular weight excluding hydrogens is 632 g/mol. The molecule has 0 N–H and O–H groups in total. The zero-order valence-corrected chi connectivity index (χ0v) is 29.4. The first-order valence-electron chi connectivity index (χ1n) is 11.4. The second-order valence-electron chi connectivity index (χ2n) is 6.49. The number of thiocarbonyl (C=S) groups is 4. The number of rotatable bonds is 12. The third kappa shape index (κ3) is 11.6. The summed E-state index contributed by atoms with van der Waals surface area (Å²) in [5, 5.41) is 0. The number of nitrogens with zero attached hydrogens (tertiary/aromatic N) is 4. The fourth-order valence-corrected chi connectivity index (χ4v) is 44.0. The van der Waals surface area contributed by atoms with Gasteiger partial charge in [-0.15, -0.1) is 0 Å². The van der Waals surface area contributed by atoms with Crippen LogP contribution in [0.2, 0.25) is 0 Å². The van der Waals surface area contributed by atoms with E-state index in [1.165, 1.54) is 0 Å². The summed E-state index contributed by atoms with van der Waals surface area (Å²) in [5.41, 5.74) is 0. The van der Waals surface area contributed by atoms with Crippen LogP contribution in [0.4, 0.5) is 0 Å². The van der Waals surface area contributed by atoms with Crippen molar-refractivity contribution in [1.82, 2.24) is 19.6 Å². The Hall–Kier alpha value is 1.48. The van der Waals surface area contributed by atoms with Gasteiger partial charge in [0.2, 0.25) is 0 Å². The van der Waals surface area contributed by atoms with Crippen LogP contribution in [0.1, 0.15) is 55.4 Å². The van der Waals surface area contributed by atoms with E-state index in [0.717, 1.165) is 69.6 Å². The van der Waals surface area contributed by atoms with E-state index < -0.39 is 8.36 Å². The molecule has 0 radical (unpaired) electrons. The van der Waals surface area contributed by atoms with Crippen LogP contribution in [0, 0.1) is 0 Å². The standard InChI is InChI=1S/C20H40N4S8Se/c1-9-21(10-2)17(25)29-33(30-18(26)22(11-3)12-4,31-19(27)23(13-5)14-6)32-20(28)24(15-7)16-8/h9-16H2,1-8H3. The molecule has 0 aromatic rings. The van der Waals surface area contributed by atoms with Crippen molar-refractivity contribution in [3.63, 3.8) is 0 Å². The molecule has 33 heavy (non-hydrogen) atoms. The Labute approximate surface area is 240 Å². The van der Waals surface area contributed by atoms with Gasteiger partial charge in [0.1, 0.15) is 0 Å². The molecule has 0 rings (SSSR count). The summed E-state index contributed by atoms with van der Waals surface area (Å²) < 4.78 is 3.66. The van der Waals surface area contributed by atoms with E-state index in [4.69, 9.17) is 48.9 Å². The Morgan fingerprint density at radius 3 is 0.697 bits per heavy atom. The molecule has 0 saturated carbocycles. The molecule has 0 aromatic carbocycles. The molecule has 194 valence electrons. The van der Waals surface area contributed by atoms with Gasteiger partial charge in [-0.2, -0.15) is 0 Å². The molecule has 13 heteroatoms. The number of hydrogen-bond acceptors (Lipinski definition) is 8. The molecular formula is C20H40N4S8Se. The van der Waals surface area contributed by atoms with E-state index in [-0.39, 0.29) is 0 Å². The summed E-state index contributed by atoms with van der Waals surface area (Å²) in [5.74, 6) is 0. The van der Waals surface area contributed by atoms with Crippen molar-refractivity contribution in [1.29, 1.82) is 0 Å². The Morgan fingerprint density at radius 2 is 0.576 bits per heavy atom. The van der Waals surface area contributed by atoms with Gasteiger partial charge in [0.25, 0.3) is 0 Å². The van der Waals surface area contributed by atoms with Gasteiger partial charge in [0.15, 0.2) is 0 Å². The van der Waals surface area contributed by atoms with Gasteiger partial charge in [-0.3, -0.25) is 0 Å².